The number of halogens is 1. The van der Waals surface area contributed by atoms with Gasteiger partial charge < -0.3 is 4.90 Å². The standard InChI is InChI=1S/C26H29FN6O3/c1-3-11-33-23-21(24(34)29-26(33)36)14-18(16-28-23)25(35)32(2)12-6-4-5-10-20-15-22(31-30-20)17-8-7-9-19(27)13-17/h7-9,13-16H,3-6,10-12H2,1-2H3,(H,30,31)(H,29,34,36). The van der Waals surface area contributed by atoms with Crippen molar-refractivity contribution in [2.75, 3.05) is 13.6 Å². The summed E-state index contributed by atoms with van der Waals surface area (Å²) in [5.74, 6) is -0.524. The second-order valence-corrected chi connectivity index (χ2v) is 8.83. The molecular formula is C26H29FN6O3. The minimum absolute atomic E-state index is 0.222. The number of aromatic nitrogens is 5. The molecule has 0 aliphatic carbocycles. The van der Waals surface area contributed by atoms with Crippen molar-refractivity contribution in [3.63, 3.8) is 0 Å². The summed E-state index contributed by atoms with van der Waals surface area (Å²) < 4.78 is 14.8. The smallest absolute Gasteiger partial charge is 0.329 e. The van der Waals surface area contributed by atoms with Gasteiger partial charge in [0.15, 0.2) is 0 Å². The van der Waals surface area contributed by atoms with Gasteiger partial charge in [0.25, 0.3) is 11.5 Å². The summed E-state index contributed by atoms with van der Waals surface area (Å²) in [6.45, 7) is 2.91. The number of fused-ring (bicyclic) bond motifs is 1. The van der Waals surface area contributed by atoms with Crippen LogP contribution < -0.4 is 11.2 Å². The molecule has 0 aliphatic heterocycles. The van der Waals surface area contributed by atoms with Crippen LogP contribution in [0.15, 0.2) is 52.2 Å². The highest BCUT2D eigenvalue weighted by Crippen LogP contribution is 2.19. The zero-order valence-corrected chi connectivity index (χ0v) is 20.4. The van der Waals surface area contributed by atoms with Gasteiger partial charge in [-0.05, 0) is 49.9 Å². The molecule has 0 atom stereocenters. The van der Waals surface area contributed by atoms with E-state index < -0.39 is 11.2 Å². The molecule has 2 N–H and O–H groups in total. The summed E-state index contributed by atoms with van der Waals surface area (Å²) in [6, 6.07) is 9.77. The Morgan fingerprint density at radius 1 is 1.14 bits per heavy atom. The highest BCUT2D eigenvalue weighted by molar-refractivity contribution is 5.96. The van der Waals surface area contributed by atoms with Crippen LogP contribution in [0.2, 0.25) is 0 Å². The van der Waals surface area contributed by atoms with Gasteiger partial charge in [0.05, 0.1) is 16.6 Å². The van der Waals surface area contributed by atoms with Crippen LogP contribution in [0.1, 0.15) is 48.7 Å². The number of aromatic amines is 2. The number of carbonyl (C=O) groups excluding carboxylic acids is 1. The lowest BCUT2D eigenvalue weighted by atomic mass is 10.1. The lowest BCUT2D eigenvalue weighted by molar-refractivity contribution is 0.0792. The Labute approximate surface area is 207 Å². The number of hydrogen-bond donors (Lipinski definition) is 2. The topological polar surface area (TPSA) is 117 Å². The molecule has 4 rings (SSSR count). The van der Waals surface area contributed by atoms with Crippen molar-refractivity contribution in [3.05, 3.63) is 80.5 Å². The minimum Gasteiger partial charge on any atom is -0.342 e. The fraction of sp³-hybridized carbons (Fsp3) is 0.346. The van der Waals surface area contributed by atoms with Crippen molar-refractivity contribution in [2.24, 2.45) is 0 Å². The molecule has 3 heterocycles. The molecule has 9 nitrogen and oxygen atoms in total. The Morgan fingerprint density at radius 3 is 2.75 bits per heavy atom. The van der Waals surface area contributed by atoms with Crippen LogP contribution in [0.3, 0.4) is 0 Å². The van der Waals surface area contributed by atoms with E-state index >= 15 is 0 Å². The van der Waals surface area contributed by atoms with Crippen LogP contribution in [-0.4, -0.2) is 49.1 Å². The second kappa shape index (κ2) is 11.1. The molecule has 0 spiro atoms. The van der Waals surface area contributed by atoms with E-state index in [4.69, 9.17) is 0 Å². The van der Waals surface area contributed by atoms with Crippen LogP contribution in [0.4, 0.5) is 4.39 Å². The zero-order chi connectivity index (χ0) is 25.7. The van der Waals surface area contributed by atoms with Gasteiger partial charge in [-0.2, -0.15) is 5.10 Å². The maximum absolute atomic E-state index is 13.4. The minimum atomic E-state index is -0.550. The van der Waals surface area contributed by atoms with Crippen molar-refractivity contribution >= 4 is 16.9 Å². The van der Waals surface area contributed by atoms with Crippen molar-refractivity contribution in [1.29, 1.82) is 0 Å². The maximum Gasteiger partial charge on any atom is 0.329 e. The lowest BCUT2D eigenvalue weighted by Gasteiger charge is -2.17. The van der Waals surface area contributed by atoms with E-state index in [1.165, 1.54) is 29.0 Å². The number of H-pyrrole nitrogens is 2. The molecule has 1 aromatic carbocycles. The van der Waals surface area contributed by atoms with E-state index in [0.717, 1.165) is 36.9 Å². The molecule has 0 unspecified atom stereocenters. The molecule has 1 amide bonds. The predicted molar refractivity (Wildman–Crippen MR) is 135 cm³/mol. The number of pyridine rings is 1. The quantitative estimate of drug-likeness (QED) is 0.329. The van der Waals surface area contributed by atoms with Crippen molar-refractivity contribution in [2.45, 2.75) is 45.6 Å². The van der Waals surface area contributed by atoms with Gasteiger partial charge in [-0.3, -0.25) is 24.2 Å². The molecule has 4 aromatic rings. The van der Waals surface area contributed by atoms with Crippen molar-refractivity contribution in [3.8, 4) is 11.3 Å². The van der Waals surface area contributed by atoms with Gasteiger partial charge in [-0.25, -0.2) is 14.2 Å². The molecule has 3 aromatic heterocycles. The molecule has 0 saturated carbocycles. The van der Waals surface area contributed by atoms with Crippen LogP contribution in [0.5, 0.6) is 0 Å². The summed E-state index contributed by atoms with van der Waals surface area (Å²) in [4.78, 5) is 45.4. The summed E-state index contributed by atoms with van der Waals surface area (Å²) in [5, 5.41) is 7.49. The van der Waals surface area contributed by atoms with E-state index in [1.54, 1.807) is 18.0 Å². The van der Waals surface area contributed by atoms with Crippen LogP contribution in [-0.2, 0) is 13.0 Å². The fourth-order valence-corrected chi connectivity index (χ4v) is 4.16. The number of nitrogens with one attached hydrogen (secondary N) is 2. The normalized spacial score (nSPS) is 11.2. The van der Waals surface area contributed by atoms with Gasteiger partial charge in [-0.15, -0.1) is 0 Å². The third-order valence-electron chi connectivity index (χ3n) is 6.06. The first-order valence-corrected chi connectivity index (χ1v) is 12.1. The summed E-state index contributed by atoms with van der Waals surface area (Å²) in [5.41, 5.74) is 1.96. The Balaban J connectivity index is 1.30. The average Bonchev–Trinajstić information content (AvgIpc) is 3.34. The first kappa shape index (κ1) is 25.0. The molecule has 10 heteroatoms. The van der Waals surface area contributed by atoms with Crippen LogP contribution in [0.25, 0.3) is 22.3 Å². The van der Waals surface area contributed by atoms with E-state index in [1.807, 2.05) is 19.1 Å². The first-order chi connectivity index (χ1) is 17.4. The predicted octanol–water partition coefficient (Wildman–Crippen LogP) is 3.51. The van der Waals surface area contributed by atoms with Crippen LogP contribution >= 0.6 is 0 Å². The van der Waals surface area contributed by atoms with E-state index in [9.17, 15) is 18.8 Å². The lowest BCUT2D eigenvalue weighted by Crippen LogP contribution is -2.32. The van der Waals surface area contributed by atoms with E-state index in [2.05, 4.69) is 20.2 Å². The van der Waals surface area contributed by atoms with Gasteiger partial charge in [0.2, 0.25) is 0 Å². The molecule has 0 saturated heterocycles. The van der Waals surface area contributed by atoms with Gasteiger partial charge in [-0.1, -0.05) is 25.5 Å². The Morgan fingerprint density at radius 2 is 1.97 bits per heavy atom. The number of benzene rings is 1. The number of hydrogen-bond acceptors (Lipinski definition) is 5. The number of amides is 1. The zero-order valence-electron chi connectivity index (χ0n) is 20.4. The third-order valence-corrected chi connectivity index (χ3v) is 6.06. The van der Waals surface area contributed by atoms with Gasteiger partial charge in [0.1, 0.15) is 11.5 Å². The monoisotopic (exact) mass is 492 g/mol. The van der Waals surface area contributed by atoms with Crippen LogP contribution in [0, 0.1) is 5.82 Å². The van der Waals surface area contributed by atoms with E-state index in [0.29, 0.717) is 30.8 Å². The molecule has 36 heavy (non-hydrogen) atoms. The maximum atomic E-state index is 13.4. The van der Waals surface area contributed by atoms with E-state index in [-0.39, 0.29) is 22.8 Å². The third kappa shape index (κ3) is 5.59. The Bertz CT molecular complexity index is 1490. The number of carbonyl (C=O) groups is 1. The fourth-order valence-electron chi connectivity index (χ4n) is 4.16. The summed E-state index contributed by atoms with van der Waals surface area (Å²) in [6.07, 6.45) is 5.56. The molecule has 0 bridgehead atoms. The average molecular weight is 493 g/mol. The van der Waals surface area contributed by atoms with Crippen molar-refractivity contribution < 1.29 is 9.18 Å². The second-order valence-electron chi connectivity index (χ2n) is 8.83. The van der Waals surface area contributed by atoms with Crippen molar-refractivity contribution in [1.82, 2.24) is 29.6 Å². The highest BCUT2D eigenvalue weighted by Gasteiger charge is 2.16. The van der Waals surface area contributed by atoms with Gasteiger partial charge in [0, 0.05) is 37.6 Å². The number of unbranched alkanes of at least 4 members (excludes halogenated alkanes) is 2. The molecule has 0 radical (unpaired) electrons. The highest BCUT2D eigenvalue weighted by atomic mass is 19.1. The van der Waals surface area contributed by atoms with Gasteiger partial charge >= 0.3 is 5.69 Å². The first-order valence-electron chi connectivity index (χ1n) is 12.1. The largest absolute Gasteiger partial charge is 0.342 e. The molecule has 0 aliphatic rings. The SMILES string of the molecule is CCCn1c(=O)[nH]c(=O)c2cc(C(=O)N(C)CCCCCc3cc(-c4cccc(F)c4)n[nH]3)cnc21. The summed E-state index contributed by atoms with van der Waals surface area (Å²) >= 11 is 0. The molecular weight excluding hydrogens is 463 g/mol. The number of aryl methyl sites for hydroxylation is 2. The number of nitrogens with zero attached hydrogens (tertiary/aromatic N) is 4. The Kier molecular flexibility index (Phi) is 7.72. The Hall–Kier alpha value is -4.08. The molecule has 0 fully saturated rings. The molecule has 188 valence electrons. The summed E-state index contributed by atoms with van der Waals surface area (Å²) in [7, 11) is 1.72. The number of rotatable bonds is 10.